The van der Waals surface area contributed by atoms with Gasteiger partial charge in [0.15, 0.2) is 11.2 Å². The second-order valence-corrected chi connectivity index (χ2v) is 6.93. The molecule has 0 bridgehead atoms. The average molecular weight is 360 g/mol. The molecule has 1 N–H and O–H groups in total. The quantitative estimate of drug-likeness (QED) is 0.700. The molecular formula is C16H20N6O4. The van der Waals surface area contributed by atoms with E-state index in [4.69, 9.17) is 0 Å². The van der Waals surface area contributed by atoms with Gasteiger partial charge in [0.25, 0.3) is 5.56 Å². The van der Waals surface area contributed by atoms with Gasteiger partial charge in [0.05, 0.1) is 6.33 Å². The van der Waals surface area contributed by atoms with Crippen LogP contribution in [-0.4, -0.2) is 54.0 Å². The van der Waals surface area contributed by atoms with Gasteiger partial charge in [-0.1, -0.05) is 0 Å². The average Bonchev–Trinajstić information content (AvgIpc) is 3.28. The standard InChI is InChI=1S/C16H20N6O4/c1-19-8-17-13-12(19)15(25)22(16(26)20(13)2)7-11(23)18-10-5-6-21(14(10)24)9-3-4-9/h8-10H,3-7H2,1-2H3,(H,18,23)/t10-/m1/s1. The number of hydrogen-bond donors (Lipinski definition) is 1. The number of amides is 2. The summed E-state index contributed by atoms with van der Waals surface area (Å²) in [4.78, 5) is 55.6. The maximum atomic E-state index is 12.6. The lowest BCUT2D eigenvalue weighted by molar-refractivity contribution is -0.133. The molecule has 1 saturated carbocycles. The lowest BCUT2D eigenvalue weighted by Gasteiger charge is -2.16. The van der Waals surface area contributed by atoms with E-state index in [1.54, 1.807) is 11.9 Å². The number of nitrogens with one attached hydrogen (secondary N) is 1. The third kappa shape index (κ3) is 2.52. The van der Waals surface area contributed by atoms with E-state index in [9.17, 15) is 19.2 Å². The number of aryl methyl sites for hydroxylation is 2. The zero-order chi connectivity index (χ0) is 18.6. The summed E-state index contributed by atoms with van der Waals surface area (Å²) in [5.41, 5.74) is -0.675. The molecule has 10 heteroatoms. The molecule has 2 amide bonds. The van der Waals surface area contributed by atoms with Crippen molar-refractivity contribution in [1.82, 2.24) is 28.9 Å². The van der Waals surface area contributed by atoms with Gasteiger partial charge in [-0.15, -0.1) is 0 Å². The summed E-state index contributed by atoms with van der Waals surface area (Å²) in [6, 6.07) is -0.269. The second-order valence-electron chi connectivity index (χ2n) is 6.93. The fourth-order valence-electron chi connectivity index (χ4n) is 3.50. The highest BCUT2D eigenvalue weighted by Crippen LogP contribution is 2.30. The first-order valence-electron chi connectivity index (χ1n) is 8.59. The second kappa shape index (κ2) is 5.82. The van der Waals surface area contributed by atoms with Crippen LogP contribution in [0.1, 0.15) is 19.3 Å². The molecule has 0 aromatic carbocycles. The summed E-state index contributed by atoms with van der Waals surface area (Å²) in [7, 11) is 3.15. The van der Waals surface area contributed by atoms with Crippen LogP contribution in [-0.2, 0) is 30.2 Å². The van der Waals surface area contributed by atoms with E-state index in [1.165, 1.54) is 22.5 Å². The van der Waals surface area contributed by atoms with Gasteiger partial charge >= 0.3 is 5.69 Å². The highest BCUT2D eigenvalue weighted by Gasteiger charge is 2.40. The number of hydrogen-bond acceptors (Lipinski definition) is 5. The normalized spacial score (nSPS) is 20.2. The molecule has 26 heavy (non-hydrogen) atoms. The van der Waals surface area contributed by atoms with E-state index in [0.29, 0.717) is 19.0 Å². The molecule has 1 atom stereocenters. The summed E-state index contributed by atoms with van der Waals surface area (Å²) >= 11 is 0. The number of carbonyl (C=O) groups is 2. The van der Waals surface area contributed by atoms with Crippen LogP contribution < -0.4 is 16.6 Å². The molecule has 1 aliphatic carbocycles. The van der Waals surface area contributed by atoms with Crippen molar-refractivity contribution in [2.24, 2.45) is 14.1 Å². The third-order valence-corrected chi connectivity index (χ3v) is 5.07. The van der Waals surface area contributed by atoms with Gasteiger partial charge in [0, 0.05) is 26.7 Å². The Bertz CT molecular complexity index is 1030. The van der Waals surface area contributed by atoms with Crippen LogP contribution in [0.2, 0.25) is 0 Å². The number of nitrogens with zero attached hydrogens (tertiary/aromatic N) is 5. The van der Waals surface area contributed by atoms with Crippen LogP contribution >= 0.6 is 0 Å². The number of fused-ring (bicyclic) bond motifs is 1. The lowest BCUT2D eigenvalue weighted by atomic mass is 10.2. The lowest BCUT2D eigenvalue weighted by Crippen LogP contribution is -2.47. The van der Waals surface area contributed by atoms with E-state index in [1.807, 2.05) is 0 Å². The zero-order valence-corrected chi connectivity index (χ0v) is 14.6. The Balaban J connectivity index is 1.56. The van der Waals surface area contributed by atoms with Crippen molar-refractivity contribution in [3.05, 3.63) is 27.2 Å². The first kappa shape index (κ1) is 16.6. The molecular weight excluding hydrogens is 340 g/mol. The first-order valence-corrected chi connectivity index (χ1v) is 8.59. The Labute approximate surface area is 148 Å². The molecule has 2 aromatic rings. The summed E-state index contributed by atoms with van der Waals surface area (Å²) < 4.78 is 3.62. The predicted molar refractivity (Wildman–Crippen MR) is 91.5 cm³/mol. The first-order chi connectivity index (χ1) is 12.4. The van der Waals surface area contributed by atoms with Crippen LogP contribution in [0.5, 0.6) is 0 Å². The van der Waals surface area contributed by atoms with Gasteiger partial charge < -0.3 is 14.8 Å². The Morgan fingerprint density at radius 3 is 2.65 bits per heavy atom. The van der Waals surface area contributed by atoms with Gasteiger partial charge in [0.1, 0.15) is 12.6 Å². The highest BCUT2D eigenvalue weighted by molar-refractivity contribution is 5.89. The number of imidazole rings is 1. The molecule has 4 rings (SSSR count). The van der Waals surface area contributed by atoms with Crippen molar-refractivity contribution in [3.8, 4) is 0 Å². The van der Waals surface area contributed by atoms with Gasteiger partial charge in [-0.25, -0.2) is 14.3 Å². The summed E-state index contributed by atoms with van der Waals surface area (Å²) in [5, 5.41) is 2.66. The molecule has 0 radical (unpaired) electrons. The Kier molecular flexibility index (Phi) is 3.70. The fraction of sp³-hybridized carbons (Fsp3) is 0.562. The Morgan fingerprint density at radius 1 is 1.23 bits per heavy atom. The number of likely N-dealkylation sites (tertiary alicyclic amines) is 1. The molecule has 138 valence electrons. The van der Waals surface area contributed by atoms with Crippen LogP contribution in [0, 0.1) is 0 Å². The van der Waals surface area contributed by atoms with Gasteiger partial charge in [-0.05, 0) is 19.3 Å². The summed E-state index contributed by atoms with van der Waals surface area (Å²) in [5.74, 6) is -0.607. The minimum atomic E-state index is -0.617. The molecule has 2 aliphatic rings. The smallest absolute Gasteiger partial charge is 0.332 e. The molecule has 1 saturated heterocycles. The van der Waals surface area contributed by atoms with Crippen molar-refractivity contribution < 1.29 is 9.59 Å². The van der Waals surface area contributed by atoms with E-state index in [0.717, 1.165) is 17.4 Å². The maximum absolute atomic E-state index is 12.6. The highest BCUT2D eigenvalue weighted by atomic mass is 16.2. The summed E-state index contributed by atoms with van der Waals surface area (Å²) in [6.07, 6.45) is 4.03. The monoisotopic (exact) mass is 360 g/mol. The fourth-order valence-corrected chi connectivity index (χ4v) is 3.50. The Morgan fingerprint density at radius 2 is 1.96 bits per heavy atom. The van der Waals surface area contributed by atoms with Gasteiger partial charge in [-0.2, -0.15) is 0 Å². The molecule has 3 heterocycles. The van der Waals surface area contributed by atoms with Crippen molar-refractivity contribution in [2.45, 2.75) is 37.9 Å². The largest absolute Gasteiger partial charge is 0.343 e. The van der Waals surface area contributed by atoms with E-state index in [-0.39, 0.29) is 17.1 Å². The molecule has 10 nitrogen and oxygen atoms in total. The number of carbonyl (C=O) groups excluding carboxylic acids is 2. The van der Waals surface area contributed by atoms with Crippen molar-refractivity contribution >= 4 is 23.0 Å². The van der Waals surface area contributed by atoms with Crippen LogP contribution in [0.3, 0.4) is 0 Å². The molecule has 2 aromatic heterocycles. The third-order valence-electron chi connectivity index (χ3n) is 5.07. The summed E-state index contributed by atoms with van der Waals surface area (Å²) in [6.45, 7) is 0.205. The SMILES string of the molecule is Cn1cnc2c1c(=O)n(CC(=O)N[C@@H]1CCN(C3CC3)C1=O)c(=O)n2C. The van der Waals surface area contributed by atoms with E-state index >= 15 is 0 Å². The zero-order valence-electron chi connectivity index (χ0n) is 14.6. The minimum Gasteiger partial charge on any atom is -0.343 e. The topological polar surface area (TPSA) is 111 Å². The van der Waals surface area contributed by atoms with E-state index < -0.39 is 29.7 Å². The molecule has 0 unspecified atom stereocenters. The van der Waals surface area contributed by atoms with Gasteiger partial charge in [-0.3, -0.25) is 19.0 Å². The van der Waals surface area contributed by atoms with Crippen molar-refractivity contribution in [1.29, 1.82) is 0 Å². The molecule has 2 fully saturated rings. The minimum absolute atomic E-state index is 0.0804. The van der Waals surface area contributed by atoms with Gasteiger partial charge in [0.2, 0.25) is 11.8 Å². The molecule has 1 aliphatic heterocycles. The Hall–Kier alpha value is -2.91. The number of aromatic nitrogens is 4. The van der Waals surface area contributed by atoms with Crippen LogP contribution in [0.4, 0.5) is 0 Å². The predicted octanol–water partition coefficient (Wildman–Crippen LogP) is -1.69. The molecule has 0 spiro atoms. The van der Waals surface area contributed by atoms with Crippen molar-refractivity contribution in [2.75, 3.05) is 6.54 Å². The van der Waals surface area contributed by atoms with Crippen LogP contribution in [0.15, 0.2) is 15.9 Å². The maximum Gasteiger partial charge on any atom is 0.332 e. The van der Waals surface area contributed by atoms with E-state index in [2.05, 4.69) is 10.3 Å². The van der Waals surface area contributed by atoms with Crippen molar-refractivity contribution in [3.63, 3.8) is 0 Å². The number of rotatable bonds is 4. The van der Waals surface area contributed by atoms with Crippen LogP contribution in [0.25, 0.3) is 11.2 Å².